The average Bonchev–Trinajstić information content (AvgIpc) is 3.40. The highest BCUT2D eigenvalue weighted by molar-refractivity contribution is 7.13. The Hall–Kier alpha value is -2.25. The zero-order valence-corrected chi connectivity index (χ0v) is 16.2. The number of piperazine rings is 1. The molecule has 26 heavy (non-hydrogen) atoms. The summed E-state index contributed by atoms with van der Waals surface area (Å²) >= 11 is 3.17. The number of carbonyl (C=O) groups excluding carboxylic acids is 1. The first-order valence-electron chi connectivity index (χ1n) is 8.73. The molecule has 0 unspecified atom stereocenters. The molecule has 1 saturated heterocycles. The van der Waals surface area contributed by atoms with Crippen LogP contribution in [0.25, 0.3) is 10.6 Å². The number of pyridine rings is 1. The highest BCUT2D eigenvalue weighted by Crippen LogP contribution is 2.25. The van der Waals surface area contributed by atoms with E-state index in [1.807, 2.05) is 28.6 Å². The molecule has 0 aliphatic carbocycles. The number of carbonyl (C=O) groups is 1. The summed E-state index contributed by atoms with van der Waals surface area (Å²) in [5, 5.41) is 5.07. The first kappa shape index (κ1) is 17.2. The fourth-order valence-electron chi connectivity index (χ4n) is 3.00. The van der Waals surface area contributed by atoms with E-state index in [1.165, 1.54) is 11.3 Å². The Bertz CT molecular complexity index is 865. The quantitative estimate of drug-likeness (QED) is 0.687. The topological polar surface area (TPSA) is 49.3 Å². The molecule has 5 nitrogen and oxygen atoms in total. The Morgan fingerprint density at radius 3 is 2.62 bits per heavy atom. The van der Waals surface area contributed by atoms with Crippen LogP contribution in [0.15, 0.2) is 41.2 Å². The number of hydrogen-bond donors (Lipinski definition) is 0. The summed E-state index contributed by atoms with van der Waals surface area (Å²) < 4.78 is 0. The lowest BCUT2D eigenvalue weighted by atomic mass is 10.2. The number of aryl methyl sites for hydroxylation is 1. The van der Waals surface area contributed by atoms with Crippen LogP contribution >= 0.6 is 22.7 Å². The molecule has 1 amide bonds. The predicted molar refractivity (Wildman–Crippen MR) is 107 cm³/mol. The molecule has 1 fully saturated rings. The van der Waals surface area contributed by atoms with E-state index in [9.17, 15) is 4.79 Å². The molecule has 0 bridgehead atoms. The number of thiazole rings is 1. The SMILES string of the molecule is CCc1csc(-c2ccc(N3CCN(C(=O)c4cccs4)CC3)nc2)n1. The minimum absolute atomic E-state index is 0.137. The number of aromatic nitrogens is 2. The maximum absolute atomic E-state index is 12.4. The zero-order chi connectivity index (χ0) is 17.9. The van der Waals surface area contributed by atoms with Gasteiger partial charge in [-0.05, 0) is 30.0 Å². The van der Waals surface area contributed by atoms with Crippen LogP contribution in [0.5, 0.6) is 0 Å². The highest BCUT2D eigenvalue weighted by Gasteiger charge is 2.23. The van der Waals surface area contributed by atoms with E-state index in [2.05, 4.69) is 39.3 Å². The fourth-order valence-corrected chi connectivity index (χ4v) is 4.58. The molecule has 134 valence electrons. The molecule has 7 heteroatoms. The molecule has 0 radical (unpaired) electrons. The zero-order valence-electron chi connectivity index (χ0n) is 14.6. The number of hydrogen-bond acceptors (Lipinski definition) is 6. The molecule has 0 N–H and O–H groups in total. The molecule has 4 rings (SSSR count). The second kappa shape index (κ2) is 7.55. The van der Waals surface area contributed by atoms with E-state index in [4.69, 9.17) is 0 Å². The van der Waals surface area contributed by atoms with Gasteiger partial charge in [0.25, 0.3) is 5.91 Å². The van der Waals surface area contributed by atoms with E-state index < -0.39 is 0 Å². The van der Waals surface area contributed by atoms with Crippen molar-refractivity contribution in [3.63, 3.8) is 0 Å². The van der Waals surface area contributed by atoms with Gasteiger partial charge in [0.15, 0.2) is 0 Å². The van der Waals surface area contributed by atoms with Gasteiger partial charge >= 0.3 is 0 Å². The normalized spacial score (nSPS) is 14.7. The lowest BCUT2D eigenvalue weighted by molar-refractivity contribution is 0.0751. The van der Waals surface area contributed by atoms with Gasteiger partial charge in [-0.1, -0.05) is 13.0 Å². The van der Waals surface area contributed by atoms with Crippen LogP contribution in [-0.4, -0.2) is 47.0 Å². The van der Waals surface area contributed by atoms with Gasteiger partial charge in [-0.3, -0.25) is 4.79 Å². The van der Waals surface area contributed by atoms with Crippen molar-refractivity contribution in [3.8, 4) is 10.6 Å². The van der Waals surface area contributed by atoms with E-state index >= 15 is 0 Å². The van der Waals surface area contributed by atoms with Crippen molar-refractivity contribution in [2.45, 2.75) is 13.3 Å². The van der Waals surface area contributed by atoms with Gasteiger partial charge in [-0.25, -0.2) is 9.97 Å². The standard InChI is InChI=1S/C19H20N4OS2/c1-2-15-13-26-18(21-15)14-5-6-17(20-12-14)22-7-9-23(10-8-22)19(24)16-4-3-11-25-16/h3-6,11-13H,2,7-10H2,1H3. The van der Waals surface area contributed by atoms with Crippen molar-refractivity contribution in [3.05, 3.63) is 51.8 Å². The van der Waals surface area contributed by atoms with Crippen LogP contribution < -0.4 is 4.90 Å². The summed E-state index contributed by atoms with van der Waals surface area (Å²) in [6.07, 6.45) is 2.85. The Kier molecular flexibility index (Phi) is 4.99. The number of anilines is 1. The van der Waals surface area contributed by atoms with Gasteiger partial charge < -0.3 is 9.80 Å². The van der Waals surface area contributed by atoms with Gasteiger partial charge in [0.05, 0.1) is 10.6 Å². The van der Waals surface area contributed by atoms with Gasteiger partial charge in [-0.2, -0.15) is 0 Å². The van der Waals surface area contributed by atoms with Crippen LogP contribution in [-0.2, 0) is 6.42 Å². The number of nitrogens with zero attached hydrogens (tertiary/aromatic N) is 4. The molecular formula is C19H20N4OS2. The first-order valence-corrected chi connectivity index (χ1v) is 10.5. The first-order chi connectivity index (χ1) is 12.7. The van der Waals surface area contributed by atoms with Crippen LogP contribution in [0.3, 0.4) is 0 Å². The summed E-state index contributed by atoms with van der Waals surface area (Å²) in [7, 11) is 0. The van der Waals surface area contributed by atoms with Crippen LogP contribution in [0, 0.1) is 0 Å². The summed E-state index contributed by atoms with van der Waals surface area (Å²) in [5.74, 6) is 1.10. The largest absolute Gasteiger partial charge is 0.353 e. The Balaban J connectivity index is 1.39. The predicted octanol–water partition coefficient (Wildman–Crippen LogP) is 3.79. The molecule has 1 aliphatic heterocycles. The summed E-state index contributed by atoms with van der Waals surface area (Å²) in [4.78, 5) is 26.7. The fraction of sp³-hybridized carbons (Fsp3) is 0.316. The second-order valence-electron chi connectivity index (χ2n) is 6.16. The van der Waals surface area contributed by atoms with Crippen molar-refractivity contribution < 1.29 is 4.79 Å². The molecule has 0 spiro atoms. The third-order valence-electron chi connectivity index (χ3n) is 4.53. The van der Waals surface area contributed by atoms with E-state index in [0.29, 0.717) is 0 Å². The molecular weight excluding hydrogens is 364 g/mol. The summed E-state index contributed by atoms with van der Waals surface area (Å²) in [6, 6.07) is 7.96. The van der Waals surface area contributed by atoms with Crippen molar-refractivity contribution in [2.75, 3.05) is 31.1 Å². The lowest BCUT2D eigenvalue weighted by Crippen LogP contribution is -2.48. The van der Waals surface area contributed by atoms with Crippen molar-refractivity contribution in [1.82, 2.24) is 14.9 Å². The Morgan fingerprint density at radius 1 is 1.15 bits per heavy atom. The maximum Gasteiger partial charge on any atom is 0.264 e. The molecule has 3 aromatic rings. The van der Waals surface area contributed by atoms with Gasteiger partial charge in [0, 0.05) is 43.3 Å². The maximum atomic E-state index is 12.4. The van der Waals surface area contributed by atoms with Crippen molar-refractivity contribution >= 4 is 34.4 Å². The monoisotopic (exact) mass is 384 g/mol. The van der Waals surface area contributed by atoms with Gasteiger partial charge in [-0.15, -0.1) is 22.7 Å². The van der Waals surface area contributed by atoms with Crippen LogP contribution in [0.1, 0.15) is 22.3 Å². The van der Waals surface area contributed by atoms with Crippen molar-refractivity contribution in [1.29, 1.82) is 0 Å². The smallest absolute Gasteiger partial charge is 0.264 e. The lowest BCUT2D eigenvalue weighted by Gasteiger charge is -2.35. The molecule has 0 aromatic carbocycles. The molecule has 0 saturated carbocycles. The van der Waals surface area contributed by atoms with E-state index in [1.54, 1.807) is 11.3 Å². The highest BCUT2D eigenvalue weighted by atomic mass is 32.1. The summed E-state index contributed by atoms with van der Waals surface area (Å²) in [5.41, 5.74) is 2.19. The van der Waals surface area contributed by atoms with Gasteiger partial charge in [0.1, 0.15) is 10.8 Å². The number of thiophene rings is 1. The minimum atomic E-state index is 0.137. The molecule has 3 aromatic heterocycles. The van der Waals surface area contributed by atoms with E-state index in [-0.39, 0.29) is 5.91 Å². The third kappa shape index (κ3) is 3.50. The Labute approximate surface area is 160 Å². The molecule has 1 aliphatic rings. The number of amides is 1. The molecule has 4 heterocycles. The summed E-state index contributed by atoms with van der Waals surface area (Å²) in [6.45, 7) is 5.18. The average molecular weight is 385 g/mol. The van der Waals surface area contributed by atoms with Crippen molar-refractivity contribution in [2.24, 2.45) is 0 Å². The Morgan fingerprint density at radius 2 is 2.00 bits per heavy atom. The molecule has 0 atom stereocenters. The third-order valence-corrected chi connectivity index (χ3v) is 6.33. The number of rotatable bonds is 4. The second-order valence-corrected chi connectivity index (χ2v) is 7.96. The van der Waals surface area contributed by atoms with Crippen LogP contribution in [0.4, 0.5) is 5.82 Å². The van der Waals surface area contributed by atoms with Crippen LogP contribution in [0.2, 0.25) is 0 Å². The minimum Gasteiger partial charge on any atom is -0.353 e. The van der Waals surface area contributed by atoms with E-state index in [0.717, 1.165) is 59.6 Å². The van der Waals surface area contributed by atoms with Gasteiger partial charge in [0.2, 0.25) is 0 Å².